The molecule has 0 amide bonds. The zero-order valence-electron chi connectivity index (χ0n) is 9.75. The number of aryl methyl sites for hydroxylation is 1. The SMILES string of the molecule is C=CCCC(NCCC)c1sccc1C. The fourth-order valence-corrected chi connectivity index (χ4v) is 2.71. The first-order chi connectivity index (χ1) is 7.29. The molecule has 0 spiro atoms. The fraction of sp³-hybridized carbons (Fsp3) is 0.538. The first-order valence-electron chi connectivity index (χ1n) is 5.67. The third-order valence-corrected chi connectivity index (χ3v) is 3.65. The average molecular weight is 223 g/mol. The van der Waals surface area contributed by atoms with E-state index in [9.17, 15) is 0 Å². The number of nitrogens with one attached hydrogen (secondary N) is 1. The lowest BCUT2D eigenvalue weighted by atomic mass is 10.1. The molecule has 0 aliphatic carbocycles. The van der Waals surface area contributed by atoms with Crippen LogP contribution in [0.3, 0.4) is 0 Å². The minimum atomic E-state index is 0.517. The molecule has 1 aromatic heterocycles. The highest BCUT2D eigenvalue weighted by Crippen LogP contribution is 2.27. The van der Waals surface area contributed by atoms with Crippen molar-refractivity contribution in [1.29, 1.82) is 0 Å². The molecular formula is C13H21NS. The van der Waals surface area contributed by atoms with Gasteiger partial charge in [-0.15, -0.1) is 17.9 Å². The molecular weight excluding hydrogens is 202 g/mol. The Kier molecular flexibility index (Phi) is 5.66. The Morgan fingerprint density at radius 3 is 2.93 bits per heavy atom. The van der Waals surface area contributed by atoms with Crippen molar-refractivity contribution >= 4 is 11.3 Å². The van der Waals surface area contributed by atoms with Gasteiger partial charge >= 0.3 is 0 Å². The van der Waals surface area contributed by atoms with Gasteiger partial charge in [0.05, 0.1) is 0 Å². The highest BCUT2D eigenvalue weighted by atomic mass is 32.1. The van der Waals surface area contributed by atoms with E-state index in [1.807, 2.05) is 17.4 Å². The zero-order valence-corrected chi connectivity index (χ0v) is 10.6. The molecule has 0 radical (unpaired) electrons. The van der Waals surface area contributed by atoms with Crippen LogP contribution in [0.25, 0.3) is 0 Å². The quantitative estimate of drug-likeness (QED) is 0.687. The van der Waals surface area contributed by atoms with Gasteiger partial charge in [0.25, 0.3) is 0 Å². The largest absolute Gasteiger partial charge is 0.309 e. The van der Waals surface area contributed by atoms with Crippen molar-refractivity contribution in [1.82, 2.24) is 5.32 Å². The van der Waals surface area contributed by atoms with Crippen molar-refractivity contribution in [3.63, 3.8) is 0 Å². The molecule has 0 saturated heterocycles. The van der Waals surface area contributed by atoms with Gasteiger partial charge in [-0.25, -0.2) is 0 Å². The molecule has 1 aromatic rings. The molecule has 0 aliphatic heterocycles. The predicted molar refractivity (Wildman–Crippen MR) is 69.5 cm³/mol. The van der Waals surface area contributed by atoms with E-state index in [1.54, 1.807) is 0 Å². The summed E-state index contributed by atoms with van der Waals surface area (Å²) in [5.74, 6) is 0. The summed E-state index contributed by atoms with van der Waals surface area (Å²) in [6.45, 7) is 9.29. The normalized spacial score (nSPS) is 12.7. The van der Waals surface area contributed by atoms with Gasteiger partial charge in [-0.1, -0.05) is 13.0 Å². The van der Waals surface area contributed by atoms with Crippen LogP contribution in [-0.4, -0.2) is 6.54 Å². The summed E-state index contributed by atoms with van der Waals surface area (Å²) in [5.41, 5.74) is 1.41. The van der Waals surface area contributed by atoms with E-state index >= 15 is 0 Å². The van der Waals surface area contributed by atoms with E-state index in [0.29, 0.717) is 6.04 Å². The van der Waals surface area contributed by atoms with Gasteiger partial charge in [-0.3, -0.25) is 0 Å². The highest BCUT2D eigenvalue weighted by molar-refractivity contribution is 7.10. The fourth-order valence-electron chi connectivity index (χ4n) is 1.67. The van der Waals surface area contributed by atoms with Crippen LogP contribution in [0.15, 0.2) is 24.1 Å². The van der Waals surface area contributed by atoms with E-state index in [0.717, 1.165) is 19.4 Å². The van der Waals surface area contributed by atoms with Crippen LogP contribution in [0.1, 0.15) is 42.7 Å². The predicted octanol–water partition coefficient (Wildman–Crippen LogP) is 4.06. The number of thiophene rings is 1. The Morgan fingerprint density at radius 2 is 2.40 bits per heavy atom. The van der Waals surface area contributed by atoms with Crippen LogP contribution >= 0.6 is 11.3 Å². The van der Waals surface area contributed by atoms with Crippen LogP contribution < -0.4 is 5.32 Å². The van der Waals surface area contributed by atoms with E-state index in [4.69, 9.17) is 0 Å². The van der Waals surface area contributed by atoms with E-state index in [1.165, 1.54) is 16.9 Å². The molecule has 15 heavy (non-hydrogen) atoms. The van der Waals surface area contributed by atoms with Gasteiger partial charge in [0.15, 0.2) is 0 Å². The monoisotopic (exact) mass is 223 g/mol. The molecule has 0 bridgehead atoms. The van der Waals surface area contributed by atoms with Crippen molar-refractivity contribution in [2.75, 3.05) is 6.54 Å². The Bertz CT molecular complexity index is 290. The lowest BCUT2D eigenvalue weighted by molar-refractivity contribution is 0.508. The third kappa shape index (κ3) is 3.80. The molecule has 0 aromatic carbocycles. The van der Waals surface area contributed by atoms with Crippen molar-refractivity contribution in [2.45, 2.75) is 39.2 Å². The molecule has 0 saturated carbocycles. The van der Waals surface area contributed by atoms with E-state index in [-0.39, 0.29) is 0 Å². The number of hydrogen-bond donors (Lipinski definition) is 1. The van der Waals surface area contributed by atoms with E-state index < -0.39 is 0 Å². The van der Waals surface area contributed by atoms with Gasteiger partial charge in [0, 0.05) is 10.9 Å². The van der Waals surface area contributed by atoms with Crippen LogP contribution in [0.2, 0.25) is 0 Å². The molecule has 1 nitrogen and oxygen atoms in total. The number of hydrogen-bond acceptors (Lipinski definition) is 2. The van der Waals surface area contributed by atoms with Gasteiger partial charge in [0.1, 0.15) is 0 Å². The van der Waals surface area contributed by atoms with Gasteiger partial charge < -0.3 is 5.32 Å². The highest BCUT2D eigenvalue weighted by Gasteiger charge is 2.12. The second-order valence-corrected chi connectivity index (χ2v) is 4.79. The maximum Gasteiger partial charge on any atom is 0.0420 e. The minimum absolute atomic E-state index is 0.517. The van der Waals surface area contributed by atoms with Gasteiger partial charge in [0.2, 0.25) is 0 Å². The zero-order chi connectivity index (χ0) is 11.1. The summed E-state index contributed by atoms with van der Waals surface area (Å²) in [5, 5.41) is 5.79. The molecule has 1 heterocycles. The maximum atomic E-state index is 3.79. The summed E-state index contributed by atoms with van der Waals surface area (Å²) in [7, 11) is 0. The standard InChI is InChI=1S/C13H21NS/c1-4-6-7-12(14-9-5-2)13-11(3)8-10-15-13/h4,8,10,12,14H,1,5-7,9H2,2-3H3. The van der Waals surface area contributed by atoms with Crippen LogP contribution in [0.4, 0.5) is 0 Å². The maximum absolute atomic E-state index is 3.79. The molecule has 1 unspecified atom stereocenters. The Balaban J connectivity index is 2.62. The van der Waals surface area contributed by atoms with Crippen molar-refractivity contribution < 1.29 is 0 Å². The first kappa shape index (κ1) is 12.5. The third-order valence-electron chi connectivity index (χ3n) is 2.52. The minimum Gasteiger partial charge on any atom is -0.309 e. The molecule has 84 valence electrons. The van der Waals surface area contributed by atoms with Crippen molar-refractivity contribution in [2.24, 2.45) is 0 Å². The van der Waals surface area contributed by atoms with Crippen LogP contribution in [-0.2, 0) is 0 Å². The summed E-state index contributed by atoms with van der Waals surface area (Å²) >= 11 is 1.86. The Hall–Kier alpha value is -0.600. The lowest BCUT2D eigenvalue weighted by Crippen LogP contribution is -2.21. The molecule has 0 fully saturated rings. The Morgan fingerprint density at radius 1 is 1.60 bits per heavy atom. The smallest absolute Gasteiger partial charge is 0.0420 e. The summed E-state index contributed by atoms with van der Waals surface area (Å²) in [6, 6.07) is 2.72. The Labute approximate surface area is 97.2 Å². The van der Waals surface area contributed by atoms with Crippen LogP contribution in [0, 0.1) is 6.92 Å². The first-order valence-corrected chi connectivity index (χ1v) is 6.55. The lowest BCUT2D eigenvalue weighted by Gasteiger charge is -2.17. The molecule has 2 heteroatoms. The van der Waals surface area contributed by atoms with Gasteiger partial charge in [-0.2, -0.15) is 0 Å². The molecule has 1 atom stereocenters. The molecule has 1 N–H and O–H groups in total. The van der Waals surface area contributed by atoms with Crippen LogP contribution in [0.5, 0.6) is 0 Å². The second-order valence-electron chi connectivity index (χ2n) is 3.84. The number of allylic oxidation sites excluding steroid dienone is 1. The van der Waals surface area contributed by atoms with Crippen molar-refractivity contribution in [3.8, 4) is 0 Å². The summed E-state index contributed by atoms with van der Waals surface area (Å²) < 4.78 is 0. The van der Waals surface area contributed by atoms with Crippen molar-refractivity contribution in [3.05, 3.63) is 34.5 Å². The topological polar surface area (TPSA) is 12.0 Å². The van der Waals surface area contributed by atoms with E-state index in [2.05, 4.69) is 37.2 Å². The molecule has 0 aliphatic rings. The summed E-state index contributed by atoms with van der Waals surface area (Å²) in [6.07, 6.45) is 5.43. The van der Waals surface area contributed by atoms with Gasteiger partial charge in [-0.05, 0) is 49.7 Å². The second kappa shape index (κ2) is 6.81. The number of rotatable bonds is 7. The molecule has 1 rings (SSSR count). The average Bonchev–Trinajstić information content (AvgIpc) is 2.65. The summed E-state index contributed by atoms with van der Waals surface area (Å²) in [4.78, 5) is 1.49.